The minimum absolute atomic E-state index is 0.0540. The van der Waals surface area contributed by atoms with Crippen molar-refractivity contribution in [3.8, 4) is 11.5 Å². The van der Waals surface area contributed by atoms with Gasteiger partial charge in [0.15, 0.2) is 5.75 Å². The molecule has 8 nitrogen and oxygen atoms in total. The van der Waals surface area contributed by atoms with Gasteiger partial charge in [0, 0.05) is 43.1 Å². The lowest BCUT2D eigenvalue weighted by molar-refractivity contribution is -0.141. The molecule has 4 N–H and O–H groups in total. The smallest absolute Gasteiger partial charge is 0.406 e. The number of piperidine rings is 1. The summed E-state index contributed by atoms with van der Waals surface area (Å²) in [7, 11) is 1.32. The van der Waals surface area contributed by atoms with Crippen LogP contribution >= 0.6 is 11.6 Å². The van der Waals surface area contributed by atoms with Gasteiger partial charge in [-0.1, -0.05) is 48.9 Å². The summed E-state index contributed by atoms with van der Waals surface area (Å²) in [4.78, 5) is 27.0. The lowest BCUT2D eigenvalue weighted by atomic mass is 9.73. The summed E-state index contributed by atoms with van der Waals surface area (Å²) in [6.45, 7) is 3.50. The maximum Gasteiger partial charge on any atom is 0.406 e. The fourth-order valence-corrected chi connectivity index (χ4v) is 6.42. The molecule has 2 amide bonds. The van der Waals surface area contributed by atoms with Crippen molar-refractivity contribution in [2.75, 3.05) is 26.7 Å². The first-order valence-corrected chi connectivity index (χ1v) is 14.8. The van der Waals surface area contributed by atoms with Crippen molar-refractivity contribution in [2.45, 2.75) is 69.9 Å². The van der Waals surface area contributed by atoms with Crippen LogP contribution in [0.4, 0.5) is 4.79 Å². The Kier molecular flexibility index (Phi) is 10.3. The number of hydrogen-bond donors (Lipinski definition) is 3. The predicted molar refractivity (Wildman–Crippen MR) is 156 cm³/mol. The van der Waals surface area contributed by atoms with E-state index in [2.05, 4.69) is 12.2 Å². The lowest BCUT2D eigenvalue weighted by Gasteiger charge is -2.44. The molecule has 2 aromatic carbocycles. The number of methoxy groups -OCH3 is 1. The van der Waals surface area contributed by atoms with E-state index in [9.17, 15) is 14.7 Å². The first-order chi connectivity index (χ1) is 19.3. The van der Waals surface area contributed by atoms with Crippen LogP contribution < -0.4 is 15.8 Å². The Balaban J connectivity index is 1.66. The number of aliphatic hydroxyl groups is 1. The summed E-state index contributed by atoms with van der Waals surface area (Å²) in [5.41, 5.74) is 6.37. The van der Waals surface area contributed by atoms with Crippen molar-refractivity contribution in [3.63, 3.8) is 0 Å². The van der Waals surface area contributed by atoms with Gasteiger partial charge in [0.05, 0.1) is 17.7 Å². The monoisotopic (exact) mass is 571 g/mol. The van der Waals surface area contributed by atoms with E-state index in [0.29, 0.717) is 61.0 Å². The van der Waals surface area contributed by atoms with Gasteiger partial charge in [0.2, 0.25) is 5.91 Å². The third-order valence-corrected chi connectivity index (χ3v) is 8.72. The maximum absolute atomic E-state index is 13.4. The number of para-hydroxylation sites is 2. The average Bonchev–Trinajstić information content (AvgIpc) is 3.42. The molecular weight excluding hydrogens is 530 g/mol. The summed E-state index contributed by atoms with van der Waals surface area (Å²) >= 11 is 6.73. The zero-order valence-electron chi connectivity index (χ0n) is 23.5. The fourth-order valence-electron chi connectivity index (χ4n) is 6.20. The van der Waals surface area contributed by atoms with E-state index in [1.165, 1.54) is 7.11 Å². The van der Waals surface area contributed by atoms with Gasteiger partial charge in [0.1, 0.15) is 5.75 Å². The highest BCUT2D eigenvalue weighted by molar-refractivity contribution is 6.32. The quantitative estimate of drug-likeness (QED) is 0.330. The van der Waals surface area contributed by atoms with Crippen LogP contribution in [0, 0.1) is 11.8 Å². The molecule has 0 spiro atoms. The van der Waals surface area contributed by atoms with Crippen molar-refractivity contribution in [1.82, 2.24) is 10.2 Å². The highest BCUT2D eigenvalue weighted by Crippen LogP contribution is 2.47. The molecule has 1 saturated carbocycles. The zero-order chi connectivity index (χ0) is 28.7. The molecule has 2 aliphatic rings. The minimum atomic E-state index is -1.36. The second-order valence-electron chi connectivity index (χ2n) is 11.0. The van der Waals surface area contributed by atoms with Crippen molar-refractivity contribution in [2.24, 2.45) is 17.6 Å². The number of carbonyl (C=O) groups excluding carboxylic acids is 2. The van der Waals surface area contributed by atoms with Gasteiger partial charge in [-0.3, -0.25) is 4.79 Å². The van der Waals surface area contributed by atoms with Gasteiger partial charge in [-0.05, 0) is 69.1 Å². The summed E-state index contributed by atoms with van der Waals surface area (Å²) in [5.74, 6) is 0.930. The lowest BCUT2D eigenvalue weighted by Crippen LogP contribution is -2.49. The van der Waals surface area contributed by atoms with E-state index < -0.39 is 11.7 Å². The number of rotatable bonds is 10. The molecular formula is C31H42ClN3O5. The number of aryl methyl sites for hydroxylation is 1. The highest BCUT2D eigenvalue weighted by Gasteiger charge is 2.44. The number of nitrogens with one attached hydrogen (secondary N) is 1. The molecule has 0 radical (unpaired) electrons. The molecule has 0 unspecified atom stereocenters. The second kappa shape index (κ2) is 13.7. The highest BCUT2D eigenvalue weighted by atomic mass is 35.5. The van der Waals surface area contributed by atoms with Crippen LogP contribution in [0.3, 0.4) is 0 Å². The van der Waals surface area contributed by atoms with E-state index in [4.69, 9.17) is 26.8 Å². The molecule has 9 heteroatoms. The first kappa shape index (κ1) is 30.2. The topological polar surface area (TPSA) is 114 Å². The van der Waals surface area contributed by atoms with Crippen LogP contribution in [0.2, 0.25) is 5.02 Å². The van der Waals surface area contributed by atoms with Crippen molar-refractivity contribution < 1.29 is 24.2 Å². The summed E-state index contributed by atoms with van der Waals surface area (Å²) < 4.78 is 11.2. The van der Waals surface area contributed by atoms with E-state index in [0.717, 1.165) is 37.7 Å². The average molecular weight is 572 g/mol. The van der Waals surface area contributed by atoms with Gasteiger partial charge in [-0.15, -0.1) is 0 Å². The Labute approximate surface area is 242 Å². The Hall–Kier alpha value is -2.81. The molecule has 1 aliphatic heterocycles. The Morgan fingerprint density at radius 1 is 1.18 bits per heavy atom. The third kappa shape index (κ3) is 6.90. The van der Waals surface area contributed by atoms with Crippen molar-refractivity contribution >= 4 is 23.6 Å². The number of benzene rings is 2. The summed E-state index contributed by atoms with van der Waals surface area (Å²) in [6, 6.07) is 13.3. The van der Waals surface area contributed by atoms with Gasteiger partial charge in [-0.2, -0.15) is 0 Å². The fraction of sp³-hybridized carbons (Fsp3) is 0.548. The van der Waals surface area contributed by atoms with Gasteiger partial charge in [-0.25, -0.2) is 4.79 Å². The standard InChI is InChI=1S/C31H42ClN3O5/c1-3-21-9-4-5-13-27(21)40-28-25(11-6-12-26(28)32)31(38,16-8-17-34-30(37)39-2)23-10-7-18-35(20-23)29(36)22-14-15-24(33)19-22/h4-6,9,11-13,22-24,38H,3,7-8,10,14-20,33H2,1-2H3,(H,34,37)/t22-,23-,24+,31+/m1/s1. The van der Waals surface area contributed by atoms with Crippen molar-refractivity contribution in [3.05, 3.63) is 58.6 Å². The number of nitrogens with zero attached hydrogens (tertiary/aromatic N) is 1. The molecule has 0 aromatic heterocycles. The molecule has 2 aromatic rings. The summed E-state index contributed by atoms with van der Waals surface area (Å²) in [6.07, 6.45) is 5.02. The Morgan fingerprint density at radius 2 is 1.98 bits per heavy atom. The van der Waals surface area contributed by atoms with Crippen molar-refractivity contribution in [1.29, 1.82) is 0 Å². The molecule has 1 heterocycles. The van der Waals surface area contributed by atoms with Crippen LogP contribution in [0.25, 0.3) is 0 Å². The van der Waals surface area contributed by atoms with Crippen LogP contribution in [-0.2, 0) is 21.6 Å². The molecule has 1 aliphatic carbocycles. The number of hydrogen-bond acceptors (Lipinski definition) is 6. The first-order valence-electron chi connectivity index (χ1n) is 14.4. The number of halogens is 1. The second-order valence-corrected chi connectivity index (χ2v) is 11.4. The van der Waals surface area contributed by atoms with Crippen LogP contribution in [-0.4, -0.2) is 54.8 Å². The summed E-state index contributed by atoms with van der Waals surface area (Å²) in [5, 5.41) is 15.7. The molecule has 40 heavy (non-hydrogen) atoms. The van der Waals surface area contributed by atoms with E-state index in [-0.39, 0.29) is 23.8 Å². The Morgan fingerprint density at radius 3 is 2.70 bits per heavy atom. The van der Waals surface area contributed by atoms with Crippen LogP contribution in [0.1, 0.15) is 63.0 Å². The number of amides is 2. The molecule has 4 rings (SSSR count). The Bertz CT molecular complexity index is 1180. The minimum Gasteiger partial charge on any atom is -0.455 e. The van der Waals surface area contributed by atoms with Gasteiger partial charge >= 0.3 is 6.09 Å². The van der Waals surface area contributed by atoms with E-state index in [1.54, 1.807) is 6.07 Å². The van der Waals surface area contributed by atoms with E-state index in [1.807, 2.05) is 41.3 Å². The van der Waals surface area contributed by atoms with Crippen LogP contribution in [0.15, 0.2) is 42.5 Å². The molecule has 4 atom stereocenters. The van der Waals surface area contributed by atoms with Gasteiger partial charge < -0.3 is 30.5 Å². The number of likely N-dealkylation sites (tertiary alicyclic amines) is 1. The molecule has 0 bridgehead atoms. The number of ether oxygens (including phenoxy) is 2. The third-order valence-electron chi connectivity index (χ3n) is 8.42. The number of alkyl carbamates (subject to hydrolysis) is 1. The largest absolute Gasteiger partial charge is 0.455 e. The molecule has 218 valence electrons. The van der Waals surface area contributed by atoms with Gasteiger partial charge in [0.25, 0.3) is 0 Å². The normalized spacial score (nSPS) is 22.4. The molecule has 1 saturated heterocycles. The predicted octanol–water partition coefficient (Wildman–Crippen LogP) is 5.38. The zero-order valence-corrected chi connectivity index (χ0v) is 24.3. The SMILES string of the molecule is CCc1ccccc1Oc1c(Cl)cccc1[C@](O)(CCCNC(=O)OC)[C@@H]1CCCN(C(=O)[C@@H]2CC[C@H](N)C2)C1. The van der Waals surface area contributed by atoms with Crippen LogP contribution in [0.5, 0.6) is 11.5 Å². The van der Waals surface area contributed by atoms with E-state index >= 15 is 0 Å². The molecule has 2 fully saturated rings. The number of nitrogens with two attached hydrogens (primary N) is 1. The number of carbonyl (C=O) groups is 2. The maximum atomic E-state index is 13.4.